The molecule has 0 amide bonds. The highest BCUT2D eigenvalue weighted by atomic mass is 16.5. The van der Waals surface area contributed by atoms with E-state index in [9.17, 15) is 4.79 Å². The van der Waals surface area contributed by atoms with E-state index in [1.807, 2.05) is 60.7 Å². The Balaban J connectivity index is 1.47. The Morgan fingerprint density at radius 3 is 2.60 bits per heavy atom. The molecule has 0 aliphatic carbocycles. The van der Waals surface area contributed by atoms with Crippen LogP contribution >= 0.6 is 0 Å². The molecule has 3 aromatic carbocycles. The van der Waals surface area contributed by atoms with Gasteiger partial charge in [-0.15, -0.1) is 0 Å². The summed E-state index contributed by atoms with van der Waals surface area (Å²) in [7, 11) is 0. The second kappa shape index (κ2) is 9.94. The van der Waals surface area contributed by atoms with E-state index < -0.39 is 0 Å². The largest absolute Gasteiger partial charge is 0.490 e. The van der Waals surface area contributed by atoms with Crippen molar-refractivity contribution in [1.82, 2.24) is 25.1 Å². The summed E-state index contributed by atoms with van der Waals surface area (Å²) in [5.74, 6) is 1.20. The highest BCUT2D eigenvalue weighted by Gasteiger charge is 2.21. The lowest BCUT2D eigenvalue weighted by atomic mass is 9.92. The lowest BCUT2D eigenvalue weighted by molar-refractivity contribution is 0.0256. The van der Waals surface area contributed by atoms with Crippen molar-refractivity contribution in [3.8, 4) is 39.4 Å². The molecule has 6 aromatic rings. The monoisotopic (exact) mass is 530 g/mol. The number of aromatic nitrogens is 5. The standard InChI is InChI=1S/C31H26N6O3/c32-28-24(22-5-2-6-26-25(22)17-34-37-26)16-23(19-3-1-4-21(15-19)40-20-9-13-39-14-10-20)29-27(28)31(38)36-30(35-29)18-7-11-33-12-8-18/h1-8,11-12,15-17,20H,9-10,13-14,32H2,(H,34,37)(H,35,36,38). The number of H-pyrrole nitrogens is 2. The number of nitrogens with zero attached hydrogens (tertiary/aromatic N) is 3. The van der Waals surface area contributed by atoms with Crippen LogP contribution in [0.25, 0.3) is 55.4 Å². The topological polar surface area (TPSA) is 132 Å². The summed E-state index contributed by atoms with van der Waals surface area (Å²) in [4.78, 5) is 25.6. The number of aromatic amines is 2. The van der Waals surface area contributed by atoms with Gasteiger partial charge in [0.15, 0.2) is 0 Å². The number of benzene rings is 3. The van der Waals surface area contributed by atoms with Gasteiger partial charge in [0.05, 0.1) is 41.5 Å². The summed E-state index contributed by atoms with van der Waals surface area (Å²) in [5, 5.41) is 8.47. The van der Waals surface area contributed by atoms with Crippen LogP contribution in [-0.2, 0) is 4.74 Å². The zero-order valence-corrected chi connectivity index (χ0v) is 21.6. The third kappa shape index (κ3) is 4.26. The molecule has 198 valence electrons. The van der Waals surface area contributed by atoms with Crippen LogP contribution in [-0.4, -0.2) is 44.5 Å². The molecule has 1 aliphatic heterocycles. The van der Waals surface area contributed by atoms with Gasteiger partial charge in [0.25, 0.3) is 5.56 Å². The molecule has 1 saturated heterocycles. The van der Waals surface area contributed by atoms with Crippen LogP contribution < -0.4 is 16.0 Å². The van der Waals surface area contributed by atoms with Gasteiger partial charge in [-0.3, -0.25) is 14.9 Å². The van der Waals surface area contributed by atoms with E-state index in [0.29, 0.717) is 35.6 Å². The molecule has 1 aliphatic rings. The summed E-state index contributed by atoms with van der Waals surface area (Å²) < 4.78 is 11.8. The van der Waals surface area contributed by atoms with Crippen LogP contribution in [0.2, 0.25) is 0 Å². The minimum Gasteiger partial charge on any atom is -0.490 e. The molecule has 7 rings (SSSR count). The maximum Gasteiger partial charge on any atom is 0.261 e. The first kappa shape index (κ1) is 24.1. The van der Waals surface area contributed by atoms with Gasteiger partial charge in [0, 0.05) is 47.3 Å². The first-order valence-electron chi connectivity index (χ1n) is 13.2. The van der Waals surface area contributed by atoms with Crippen LogP contribution in [0.15, 0.2) is 84.0 Å². The van der Waals surface area contributed by atoms with Gasteiger partial charge in [0.2, 0.25) is 0 Å². The average molecular weight is 531 g/mol. The molecule has 4 N–H and O–H groups in total. The zero-order valence-electron chi connectivity index (χ0n) is 21.6. The van der Waals surface area contributed by atoms with E-state index in [0.717, 1.165) is 57.3 Å². The molecule has 0 unspecified atom stereocenters. The van der Waals surface area contributed by atoms with Gasteiger partial charge in [-0.2, -0.15) is 5.10 Å². The van der Waals surface area contributed by atoms with Crippen molar-refractivity contribution in [3.05, 3.63) is 89.6 Å². The van der Waals surface area contributed by atoms with Crippen LogP contribution in [0, 0.1) is 0 Å². The lowest BCUT2D eigenvalue weighted by Crippen LogP contribution is -2.25. The number of nitrogens with one attached hydrogen (secondary N) is 2. The number of pyridine rings is 1. The Hall–Kier alpha value is -5.02. The Morgan fingerprint density at radius 1 is 0.925 bits per heavy atom. The highest BCUT2D eigenvalue weighted by Crippen LogP contribution is 2.40. The number of hydrogen-bond acceptors (Lipinski definition) is 7. The fraction of sp³-hybridized carbons (Fsp3) is 0.161. The van der Waals surface area contributed by atoms with Gasteiger partial charge in [-0.25, -0.2) is 4.98 Å². The van der Waals surface area contributed by atoms with E-state index in [1.165, 1.54) is 0 Å². The minimum atomic E-state index is -0.314. The van der Waals surface area contributed by atoms with Gasteiger partial charge in [-0.05, 0) is 47.5 Å². The number of nitrogen functional groups attached to an aromatic ring is 1. The molecule has 0 radical (unpaired) electrons. The maximum atomic E-state index is 13.7. The fourth-order valence-corrected chi connectivity index (χ4v) is 5.36. The number of hydrogen-bond donors (Lipinski definition) is 3. The minimum absolute atomic E-state index is 0.0979. The summed E-state index contributed by atoms with van der Waals surface area (Å²) in [5.41, 5.74) is 12.2. The second-order valence-electron chi connectivity index (χ2n) is 9.85. The Labute approximate surface area is 229 Å². The summed E-state index contributed by atoms with van der Waals surface area (Å²) in [6, 6.07) is 19.4. The third-order valence-corrected chi connectivity index (χ3v) is 7.37. The van der Waals surface area contributed by atoms with Crippen LogP contribution in [0.5, 0.6) is 5.75 Å². The highest BCUT2D eigenvalue weighted by molar-refractivity contribution is 6.09. The van der Waals surface area contributed by atoms with Crippen molar-refractivity contribution < 1.29 is 9.47 Å². The number of rotatable bonds is 5. The van der Waals surface area contributed by atoms with Crippen molar-refractivity contribution in [3.63, 3.8) is 0 Å². The molecule has 0 atom stereocenters. The molecule has 9 heteroatoms. The maximum absolute atomic E-state index is 13.7. The molecular weight excluding hydrogens is 504 g/mol. The van der Waals surface area contributed by atoms with Crippen LogP contribution in [0.1, 0.15) is 12.8 Å². The fourth-order valence-electron chi connectivity index (χ4n) is 5.36. The molecule has 1 fully saturated rings. The quantitative estimate of drug-likeness (QED) is 0.257. The first-order valence-corrected chi connectivity index (χ1v) is 13.2. The third-order valence-electron chi connectivity index (χ3n) is 7.37. The van der Waals surface area contributed by atoms with E-state index in [2.05, 4.69) is 20.2 Å². The predicted molar refractivity (Wildman–Crippen MR) is 155 cm³/mol. The molecular formula is C31H26N6O3. The first-order chi connectivity index (χ1) is 19.7. The summed E-state index contributed by atoms with van der Waals surface area (Å²) >= 11 is 0. The summed E-state index contributed by atoms with van der Waals surface area (Å²) in [6.07, 6.45) is 6.90. The molecule has 4 heterocycles. The smallest absolute Gasteiger partial charge is 0.261 e. The Morgan fingerprint density at radius 2 is 1.75 bits per heavy atom. The average Bonchev–Trinajstić information content (AvgIpc) is 3.48. The van der Waals surface area contributed by atoms with Gasteiger partial charge < -0.3 is 20.2 Å². The van der Waals surface area contributed by atoms with Gasteiger partial charge >= 0.3 is 0 Å². The predicted octanol–water partition coefficient (Wildman–Crippen LogP) is 5.34. The van der Waals surface area contributed by atoms with Crippen molar-refractivity contribution >= 4 is 27.5 Å². The van der Waals surface area contributed by atoms with Crippen molar-refractivity contribution in [2.75, 3.05) is 18.9 Å². The molecule has 0 spiro atoms. The number of fused-ring (bicyclic) bond motifs is 2. The number of nitrogens with two attached hydrogens (primary N) is 1. The van der Waals surface area contributed by atoms with Crippen molar-refractivity contribution in [2.24, 2.45) is 0 Å². The van der Waals surface area contributed by atoms with Gasteiger partial charge in [-0.1, -0.05) is 24.3 Å². The van der Waals surface area contributed by atoms with Crippen LogP contribution in [0.3, 0.4) is 0 Å². The molecule has 3 aromatic heterocycles. The number of anilines is 1. The van der Waals surface area contributed by atoms with Crippen molar-refractivity contribution in [2.45, 2.75) is 18.9 Å². The molecule has 40 heavy (non-hydrogen) atoms. The zero-order chi connectivity index (χ0) is 27.1. The Bertz CT molecular complexity index is 1910. The molecule has 0 bridgehead atoms. The Kier molecular flexibility index (Phi) is 5.98. The van der Waals surface area contributed by atoms with Gasteiger partial charge in [0.1, 0.15) is 17.7 Å². The van der Waals surface area contributed by atoms with E-state index in [-0.39, 0.29) is 11.7 Å². The van der Waals surface area contributed by atoms with Crippen LogP contribution in [0.4, 0.5) is 5.69 Å². The number of ether oxygens (including phenoxy) is 2. The van der Waals surface area contributed by atoms with E-state index >= 15 is 0 Å². The van der Waals surface area contributed by atoms with E-state index in [1.54, 1.807) is 18.6 Å². The lowest BCUT2D eigenvalue weighted by Gasteiger charge is -2.23. The summed E-state index contributed by atoms with van der Waals surface area (Å²) in [6.45, 7) is 1.39. The second-order valence-corrected chi connectivity index (χ2v) is 9.85. The van der Waals surface area contributed by atoms with Crippen molar-refractivity contribution in [1.29, 1.82) is 0 Å². The SMILES string of the molecule is Nc1c(-c2cccc3[nH]ncc23)cc(-c2cccc(OC3CCOCC3)c2)c2nc(-c3ccncc3)[nH]c(=O)c12. The molecule has 9 nitrogen and oxygen atoms in total. The normalized spacial score (nSPS) is 14.1. The molecule has 0 saturated carbocycles. The van der Waals surface area contributed by atoms with E-state index in [4.69, 9.17) is 20.2 Å².